The van der Waals surface area contributed by atoms with Crippen LogP contribution in [0.15, 0.2) is 10.6 Å². The second-order valence-corrected chi connectivity index (χ2v) is 3.91. The lowest BCUT2D eigenvalue weighted by Crippen LogP contribution is -2.12. The van der Waals surface area contributed by atoms with Gasteiger partial charge in [0.2, 0.25) is 5.89 Å². The van der Waals surface area contributed by atoms with Crippen LogP contribution in [-0.2, 0) is 11.3 Å². The van der Waals surface area contributed by atoms with Gasteiger partial charge in [-0.25, -0.2) is 4.98 Å². The third kappa shape index (κ3) is 2.38. The van der Waals surface area contributed by atoms with Crippen molar-refractivity contribution < 1.29 is 9.15 Å². The molecule has 1 aliphatic heterocycles. The van der Waals surface area contributed by atoms with E-state index in [4.69, 9.17) is 9.15 Å². The van der Waals surface area contributed by atoms with E-state index in [1.54, 1.807) is 0 Å². The first-order chi connectivity index (χ1) is 7.31. The highest BCUT2D eigenvalue weighted by Crippen LogP contribution is 2.31. The predicted octanol–water partition coefficient (Wildman–Crippen LogP) is 1.68. The van der Waals surface area contributed by atoms with E-state index in [1.165, 1.54) is 0 Å². The normalized spacial score (nSPS) is 26.0. The van der Waals surface area contributed by atoms with Gasteiger partial charge in [0.15, 0.2) is 0 Å². The summed E-state index contributed by atoms with van der Waals surface area (Å²) in [6, 6.07) is 0. The Bertz CT molecular complexity index is 311. The molecule has 2 atom stereocenters. The lowest BCUT2D eigenvalue weighted by Gasteiger charge is -2.09. The van der Waals surface area contributed by atoms with Gasteiger partial charge in [0.1, 0.15) is 5.76 Å². The van der Waals surface area contributed by atoms with Gasteiger partial charge in [0.25, 0.3) is 0 Å². The minimum Gasteiger partial charge on any atom is -0.444 e. The smallest absolute Gasteiger partial charge is 0.208 e. The van der Waals surface area contributed by atoms with Crippen LogP contribution in [0, 0.1) is 0 Å². The molecule has 0 aliphatic carbocycles. The maximum Gasteiger partial charge on any atom is 0.208 e. The Kier molecular flexibility index (Phi) is 3.38. The first kappa shape index (κ1) is 10.6. The minimum absolute atomic E-state index is 0.255. The van der Waals surface area contributed by atoms with Gasteiger partial charge < -0.3 is 14.5 Å². The molecule has 15 heavy (non-hydrogen) atoms. The average Bonchev–Trinajstić information content (AvgIpc) is 2.83. The van der Waals surface area contributed by atoms with Crippen molar-refractivity contribution >= 4 is 0 Å². The third-order valence-corrected chi connectivity index (χ3v) is 2.84. The topological polar surface area (TPSA) is 47.3 Å². The Morgan fingerprint density at radius 3 is 3.13 bits per heavy atom. The first-order valence-electron chi connectivity index (χ1n) is 5.58. The zero-order valence-corrected chi connectivity index (χ0v) is 9.32. The van der Waals surface area contributed by atoms with Crippen molar-refractivity contribution in [3.05, 3.63) is 17.8 Å². The molecule has 1 fully saturated rings. The van der Waals surface area contributed by atoms with Gasteiger partial charge in [0, 0.05) is 12.5 Å². The van der Waals surface area contributed by atoms with Gasteiger partial charge >= 0.3 is 0 Å². The van der Waals surface area contributed by atoms with E-state index in [1.807, 2.05) is 6.20 Å². The Hall–Kier alpha value is -0.870. The highest BCUT2D eigenvalue weighted by molar-refractivity contribution is 5.05. The molecule has 4 heteroatoms. The molecule has 1 aromatic rings. The number of oxazole rings is 1. The summed E-state index contributed by atoms with van der Waals surface area (Å²) < 4.78 is 11.2. The number of hydrogen-bond acceptors (Lipinski definition) is 4. The van der Waals surface area contributed by atoms with Crippen molar-refractivity contribution in [3.63, 3.8) is 0 Å². The minimum atomic E-state index is 0.255. The van der Waals surface area contributed by atoms with Crippen molar-refractivity contribution in [2.75, 3.05) is 13.2 Å². The Labute approximate surface area is 90.0 Å². The molecule has 2 unspecified atom stereocenters. The lowest BCUT2D eigenvalue weighted by atomic mass is 10.0. The number of nitrogens with one attached hydrogen (secondary N) is 1. The molecule has 84 valence electrons. The number of nitrogens with zero attached hydrogens (tertiary/aromatic N) is 1. The van der Waals surface area contributed by atoms with E-state index in [2.05, 4.69) is 24.1 Å². The molecule has 1 aromatic heterocycles. The molecule has 0 aromatic carbocycles. The summed E-state index contributed by atoms with van der Waals surface area (Å²) in [4.78, 5) is 4.25. The van der Waals surface area contributed by atoms with Crippen LogP contribution in [0.3, 0.4) is 0 Å². The summed E-state index contributed by atoms with van der Waals surface area (Å²) >= 11 is 0. The van der Waals surface area contributed by atoms with Crippen LogP contribution in [0.1, 0.15) is 37.8 Å². The zero-order chi connectivity index (χ0) is 10.7. The van der Waals surface area contributed by atoms with Crippen LogP contribution < -0.4 is 5.32 Å². The molecular weight excluding hydrogens is 192 g/mol. The summed E-state index contributed by atoms with van der Waals surface area (Å²) in [5, 5.41) is 3.19. The highest BCUT2D eigenvalue weighted by Gasteiger charge is 2.28. The zero-order valence-electron chi connectivity index (χ0n) is 9.32. The molecule has 0 spiro atoms. The van der Waals surface area contributed by atoms with Crippen LogP contribution in [0.2, 0.25) is 0 Å². The van der Waals surface area contributed by atoms with Gasteiger partial charge in [-0.15, -0.1) is 0 Å². The van der Waals surface area contributed by atoms with Gasteiger partial charge in [-0.2, -0.15) is 0 Å². The number of ether oxygens (including phenoxy) is 1. The molecule has 0 amide bonds. The van der Waals surface area contributed by atoms with E-state index in [-0.39, 0.29) is 6.10 Å². The standard InChI is InChI=1S/C11H18N2O2/c1-3-12-7-11-13-6-10(15-11)9-4-5-14-8(9)2/h6,8-9,12H,3-5,7H2,1-2H3. The van der Waals surface area contributed by atoms with Crippen molar-refractivity contribution in [2.45, 2.75) is 38.8 Å². The van der Waals surface area contributed by atoms with Crippen molar-refractivity contribution in [3.8, 4) is 0 Å². The highest BCUT2D eigenvalue weighted by atomic mass is 16.5. The summed E-state index contributed by atoms with van der Waals surface area (Å²) in [5.41, 5.74) is 0. The summed E-state index contributed by atoms with van der Waals surface area (Å²) in [5.74, 6) is 2.12. The number of rotatable bonds is 4. The molecule has 0 bridgehead atoms. The maximum absolute atomic E-state index is 5.69. The summed E-state index contributed by atoms with van der Waals surface area (Å²) in [6.07, 6.45) is 3.13. The van der Waals surface area contributed by atoms with E-state index >= 15 is 0 Å². The Morgan fingerprint density at radius 1 is 1.60 bits per heavy atom. The molecule has 0 saturated carbocycles. The molecule has 0 radical (unpaired) electrons. The first-order valence-corrected chi connectivity index (χ1v) is 5.58. The lowest BCUT2D eigenvalue weighted by molar-refractivity contribution is 0.115. The van der Waals surface area contributed by atoms with E-state index in [0.717, 1.165) is 31.2 Å². The van der Waals surface area contributed by atoms with Gasteiger partial charge in [0.05, 0.1) is 18.8 Å². The van der Waals surface area contributed by atoms with E-state index in [0.29, 0.717) is 12.5 Å². The van der Waals surface area contributed by atoms with E-state index in [9.17, 15) is 0 Å². The molecule has 1 aliphatic rings. The fourth-order valence-electron chi connectivity index (χ4n) is 1.91. The number of hydrogen-bond donors (Lipinski definition) is 1. The van der Waals surface area contributed by atoms with Crippen molar-refractivity contribution in [2.24, 2.45) is 0 Å². The molecule has 4 nitrogen and oxygen atoms in total. The SMILES string of the molecule is CCNCc1ncc(C2CCOC2C)o1. The molecular formula is C11H18N2O2. The molecule has 1 saturated heterocycles. The fourth-order valence-corrected chi connectivity index (χ4v) is 1.91. The largest absolute Gasteiger partial charge is 0.444 e. The monoisotopic (exact) mass is 210 g/mol. The third-order valence-electron chi connectivity index (χ3n) is 2.84. The van der Waals surface area contributed by atoms with Crippen LogP contribution in [0.4, 0.5) is 0 Å². The van der Waals surface area contributed by atoms with Gasteiger partial charge in [-0.05, 0) is 19.9 Å². The summed E-state index contributed by atoms with van der Waals surface area (Å²) in [7, 11) is 0. The van der Waals surface area contributed by atoms with Crippen LogP contribution in [0.5, 0.6) is 0 Å². The predicted molar refractivity (Wildman–Crippen MR) is 56.7 cm³/mol. The van der Waals surface area contributed by atoms with Gasteiger partial charge in [-0.3, -0.25) is 0 Å². The summed E-state index contributed by atoms with van der Waals surface area (Å²) in [6.45, 7) is 6.62. The van der Waals surface area contributed by atoms with Crippen molar-refractivity contribution in [1.82, 2.24) is 10.3 Å². The quantitative estimate of drug-likeness (QED) is 0.821. The molecule has 2 heterocycles. The van der Waals surface area contributed by atoms with Gasteiger partial charge in [-0.1, -0.05) is 6.92 Å². The molecule has 2 rings (SSSR count). The van der Waals surface area contributed by atoms with Crippen LogP contribution >= 0.6 is 0 Å². The Morgan fingerprint density at radius 2 is 2.47 bits per heavy atom. The Balaban J connectivity index is 1.99. The molecule has 1 N–H and O–H groups in total. The maximum atomic E-state index is 5.69. The van der Waals surface area contributed by atoms with Crippen LogP contribution in [-0.4, -0.2) is 24.2 Å². The van der Waals surface area contributed by atoms with Crippen LogP contribution in [0.25, 0.3) is 0 Å². The number of aromatic nitrogens is 1. The average molecular weight is 210 g/mol. The fraction of sp³-hybridized carbons (Fsp3) is 0.727. The second-order valence-electron chi connectivity index (χ2n) is 3.91. The van der Waals surface area contributed by atoms with Crippen molar-refractivity contribution in [1.29, 1.82) is 0 Å². The van der Waals surface area contributed by atoms with E-state index < -0.39 is 0 Å². The second kappa shape index (κ2) is 4.77.